The zero-order valence-corrected chi connectivity index (χ0v) is 15.8. The number of benzene rings is 1. The second-order valence-corrected chi connectivity index (χ2v) is 7.18. The fourth-order valence-corrected chi connectivity index (χ4v) is 2.61. The van der Waals surface area contributed by atoms with Gasteiger partial charge in [-0.3, -0.25) is 10.1 Å². The summed E-state index contributed by atoms with van der Waals surface area (Å²) >= 11 is 12.0. The molecule has 0 radical (unpaired) electrons. The summed E-state index contributed by atoms with van der Waals surface area (Å²) in [5, 5.41) is 4.29. The van der Waals surface area contributed by atoms with E-state index in [1.807, 2.05) is 45.0 Å². The van der Waals surface area contributed by atoms with E-state index in [-0.39, 0.29) is 12.5 Å². The first-order valence-corrected chi connectivity index (χ1v) is 8.44. The van der Waals surface area contributed by atoms with Crippen molar-refractivity contribution in [3.8, 4) is 0 Å². The van der Waals surface area contributed by atoms with Gasteiger partial charge >= 0.3 is 0 Å². The molecule has 24 heavy (non-hydrogen) atoms. The average molecular weight is 369 g/mol. The van der Waals surface area contributed by atoms with E-state index in [4.69, 9.17) is 27.6 Å². The van der Waals surface area contributed by atoms with Gasteiger partial charge in [0.05, 0.1) is 23.1 Å². The molecule has 130 valence electrons. The van der Waals surface area contributed by atoms with Crippen LogP contribution in [0.25, 0.3) is 0 Å². The summed E-state index contributed by atoms with van der Waals surface area (Å²) in [5.74, 6) is 1.59. The van der Waals surface area contributed by atoms with Crippen molar-refractivity contribution in [1.82, 2.24) is 10.2 Å². The highest BCUT2D eigenvalue weighted by Gasteiger charge is 2.23. The minimum absolute atomic E-state index is 0.0165. The number of likely N-dealkylation sites (N-methyl/N-ethyl adjacent to an activating group) is 1. The van der Waals surface area contributed by atoms with Crippen LogP contribution in [-0.4, -0.2) is 24.4 Å². The Kier molecular flexibility index (Phi) is 5.97. The van der Waals surface area contributed by atoms with Crippen LogP contribution in [0.15, 0.2) is 34.7 Å². The molecule has 1 aromatic heterocycles. The smallest absolute Gasteiger partial charge is 0.236 e. The zero-order chi connectivity index (χ0) is 17.9. The van der Waals surface area contributed by atoms with Gasteiger partial charge in [-0.1, -0.05) is 29.3 Å². The van der Waals surface area contributed by atoms with Crippen LogP contribution in [0.2, 0.25) is 10.0 Å². The number of carbonyl (C=O) groups is 1. The van der Waals surface area contributed by atoms with Crippen LogP contribution in [0.3, 0.4) is 0 Å². The fraction of sp³-hybridized carbons (Fsp3) is 0.389. The van der Waals surface area contributed by atoms with E-state index in [0.717, 1.165) is 17.1 Å². The van der Waals surface area contributed by atoms with Crippen molar-refractivity contribution < 1.29 is 9.21 Å². The van der Waals surface area contributed by atoms with Gasteiger partial charge in [-0.15, -0.1) is 0 Å². The van der Waals surface area contributed by atoms with Crippen molar-refractivity contribution in [3.63, 3.8) is 0 Å². The van der Waals surface area contributed by atoms with Crippen molar-refractivity contribution >= 4 is 29.1 Å². The molecule has 0 atom stereocenters. The van der Waals surface area contributed by atoms with Gasteiger partial charge in [-0.05, 0) is 50.6 Å². The Bertz CT molecular complexity index is 726. The van der Waals surface area contributed by atoms with E-state index < -0.39 is 5.54 Å². The summed E-state index contributed by atoms with van der Waals surface area (Å²) < 4.78 is 5.50. The Morgan fingerprint density at radius 1 is 1.21 bits per heavy atom. The molecule has 0 unspecified atom stereocenters. The van der Waals surface area contributed by atoms with Crippen LogP contribution < -0.4 is 5.32 Å². The Morgan fingerprint density at radius 2 is 1.92 bits per heavy atom. The molecule has 0 saturated carbocycles. The maximum atomic E-state index is 12.3. The lowest BCUT2D eigenvalue weighted by Crippen LogP contribution is -2.43. The molecule has 0 aliphatic carbocycles. The molecule has 0 bridgehead atoms. The van der Waals surface area contributed by atoms with Gasteiger partial charge in [0.1, 0.15) is 11.5 Å². The molecular weight excluding hydrogens is 347 g/mol. The van der Waals surface area contributed by atoms with Crippen LogP contribution in [0.4, 0.5) is 0 Å². The number of aryl methyl sites for hydroxylation is 1. The van der Waals surface area contributed by atoms with Crippen molar-refractivity contribution in [3.05, 3.63) is 57.5 Å². The molecule has 1 aromatic carbocycles. The highest BCUT2D eigenvalue weighted by Crippen LogP contribution is 2.28. The van der Waals surface area contributed by atoms with E-state index in [0.29, 0.717) is 16.6 Å². The number of amides is 1. The minimum Gasteiger partial charge on any atom is -0.464 e. The summed E-state index contributed by atoms with van der Waals surface area (Å²) in [6, 6.07) is 9.25. The topological polar surface area (TPSA) is 45.5 Å². The summed E-state index contributed by atoms with van der Waals surface area (Å²) in [6.07, 6.45) is 0. The normalized spacial score (nSPS) is 11.6. The third-order valence-corrected chi connectivity index (χ3v) is 4.68. The molecule has 6 heteroatoms. The lowest BCUT2D eigenvalue weighted by atomic mass is 9.94. The van der Waals surface area contributed by atoms with Gasteiger partial charge in [0.2, 0.25) is 5.91 Å². The van der Waals surface area contributed by atoms with E-state index >= 15 is 0 Å². The summed E-state index contributed by atoms with van der Waals surface area (Å²) in [5.41, 5.74) is 0.556. The van der Waals surface area contributed by atoms with Crippen LogP contribution in [0, 0.1) is 6.92 Å². The number of furan rings is 1. The van der Waals surface area contributed by atoms with Crippen LogP contribution >= 0.6 is 23.2 Å². The van der Waals surface area contributed by atoms with Gasteiger partial charge < -0.3 is 9.32 Å². The minimum atomic E-state index is -0.411. The Morgan fingerprint density at radius 3 is 2.50 bits per heavy atom. The first-order chi connectivity index (χ1) is 11.2. The Hall–Kier alpha value is -1.49. The summed E-state index contributed by atoms with van der Waals surface area (Å²) in [7, 11) is 1.76. The van der Waals surface area contributed by atoms with Crippen LogP contribution in [-0.2, 0) is 16.9 Å². The van der Waals surface area contributed by atoms with Crippen molar-refractivity contribution in [1.29, 1.82) is 0 Å². The fourth-order valence-electron chi connectivity index (χ4n) is 2.31. The molecular formula is C18H22Cl2N2O2. The molecule has 0 saturated heterocycles. The number of rotatable bonds is 6. The third-order valence-electron chi connectivity index (χ3n) is 3.94. The largest absolute Gasteiger partial charge is 0.464 e. The second kappa shape index (κ2) is 7.60. The lowest BCUT2D eigenvalue weighted by Gasteiger charge is -2.28. The van der Waals surface area contributed by atoms with Crippen LogP contribution in [0.5, 0.6) is 0 Å². The summed E-state index contributed by atoms with van der Waals surface area (Å²) in [6.45, 7) is 6.53. The second-order valence-electron chi connectivity index (χ2n) is 6.37. The van der Waals surface area contributed by atoms with E-state index in [2.05, 4.69) is 5.32 Å². The van der Waals surface area contributed by atoms with Gasteiger partial charge in [-0.25, -0.2) is 0 Å². The third kappa shape index (κ3) is 4.76. The number of hydrogen-bond acceptors (Lipinski definition) is 3. The van der Waals surface area contributed by atoms with Gasteiger partial charge in [-0.2, -0.15) is 0 Å². The highest BCUT2D eigenvalue weighted by molar-refractivity contribution is 6.42. The molecule has 1 heterocycles. The lowest BCUT2D eigenvalue weighted by molar-refractivity contribution is -0.130. The molecule has 0 spiro atoms. The van der Waals surface area contributed by atoms with Gasteiger partial charge in [0, 0.05) is 12.6 Å². The maximum Gasteiger partial charge on any atom is 0.236 e. The van der Waals surface area contributed by atoms with E-state index in [1.165, 1.54) is 0 Å². The quantitative estimate of drug-likeness (QED) is 0.822. The van der Waals surface area contributed by atoms with Crippen LogP contribution in [0.1, 0.15) is 30.9 Å². The highest BCUT2D eigenvalue weighted by atomic mass is 35.5. The molecule has 1 N–H and O–H groups in total. The van der Waals surface area contributed by atoms with Gasteiger partial charge in [0.15, 0.2) is 0 Å². The predicted molar refractivity (Wildman–Crippen MR) is 97.4 cm³/mol. The number of nitrogens with zero attached hydrogens (tertiary/aromatic N) is 1. The molecule has 1 amide bonds. The monoisotopic (exact) mass is 368 g/mol. The van der Waals surface area contributed by atoms with E-state index in [9.17, 15) is 4.79 Å². The van der Waals surface area contributed by atoms with Crippen molar-refractivity contribution in [2.45, 2.75) is 32.9 Å². The first-order valence-electron chi connectivity index (χ1n) is 7.69. The zero-order valence-electron chi connectivity index (χ0n) is 14.3. The van der Waals surface area contributed by atoms with Crippen molar-refractivity contribution in [2.24, 2.45) is 0 Å². The number of hydrogen-bond donors (Lipinski definition) is 1. The number of halogens is 2. The predicted octanol–water partition coefficient (Wildman–Crippen LogP) is 4.38. The molecule has 0 fully saturated rings. The molecule has 0 aliphatic rings. The number of nitrogens with one attached hydrogen (secondary N) is 1. The Labute approximate surface area is 152 Å². The first kappa shape index (κ1) is 18.8. The molecule has 2 aromatic rings. The van der Waals surface area contributed by atoms with Crippen molar-refractivity contribution in [2.75, 3.05) is 13.6 Å². The number of carbonyl (C=O) groups excluding carboxylic acids is 1. The maximum absolute atomic E-state index is 12.3. The van der Waals surface area contributed by atoms with E-state index in [1.54, 1.807) is 18.0 Å². The summed E-state index contributed by atoms with van der Waals surface area (Å²) in [4.78, 5) is 14.0. The van der Waals surface area contributed by atoms with Gasteiger partial charge in [0.25, 0.3) is 0 Å². The SMILES string of the molecule is Cc1ccc(CN(C)C(=O)CNC(C)(C)c2ccc(Cl)c(Cl)c2)o1. The average Bonchev–Trinajstić information content (AvgIpc) is 2.92. The Balaban J connectivity index is 1.95. The standard InChI is InChI=1S/C18H22Cl2N2O2/c1-12-5-7-14(24-12)11-22(4)17(23)10-21-18(2,3)13-6-8-15(19)16(20)9-13/h5-9,21H,10-11H2,1-4H3. The molecule has 0 aliphatic heterocycles. The molecule has 4 nitrogen and oxygen atoms in total. The molecule has 2 rings (SSSR count).